The molecular formula is C15H20BrF2NO2. The smallest absolute Gasteiger partial charge is 0.387 e. The van der Waals surface area contributed by atoms with E-state index in [0.29, 0.717) is 12.1 Å². The fourth-order valence-electron chi connectivity index (χ4n) is 1.89. The van der Waals surface area contributed by atoms with E-state index in [1.807, 2.05) is 0 Å². The molecule has 1 aromatic carbocycles. The average molecular weight is 364 g/mol. The summed E-state index contributed by atoms with van der Waals surface area (Å²) in [5, 5.41) is 3.71. The van der Waals surface area contributed by atoms with Gasteiger partial charge in [0, 0.05) is 17.4 Å². The van der Waals surface area contributed by atoms with Crippen molar-refractivity contribution < 1.29 is 18.3 Å². The van der Waals surface area contributed by atoms with E-state index in [-0.39, 0.29) is 17.1 Å². The zero-order chi connectivity index (χ0) is 15.9. The number of benzene rings is 1. The van der Waals surface area contributed by atoms with Gasteiger partial charge in [0.15, 0.2) is 0 Å². The summed E-state index contributed by atoms with van der Waals surface area (Å²) in [7, 11) is 0. The van der Waals surface area contributed by atoms with Crippen LogP contribution in [0.25, 0.3) is 0 Å². The molecule has 1 aromatic rings. The standard InChI is InChI=1S/C15H20BrF2NO2/c1-3-15(4-2,9-16)10-19-13(20)11-5-7-12(8-6-11)21-14(17)18/h5-8,14H,3-4,9-10H2,1-2H3,(H,19,20). The predicted octanol–water partition coefficient (Wildman–Crippen LogP) is 4.22. The van der Waals surface area contributed by atoms with E-state index in [1.54, 1.807) is 0 Å². The van der Waals surface area contributed by atoms with Crippen LogP contribution in [0.3, 0.4) is 0 Å². The van der Waals surface area contributed by atoms with Crippen molar-refractivity contribution in [3.8, 4) is 5.75 Å². The van der Waals surface area contributed by atoms with Crippen molar-refractivity contribution in [1.29, 1.82) is 0 Å². The van der Waals surface area contributed by atoms with Crippen molar-refractivity contribution >= 4 is 21.8 Å². The van der Waals surface area contributed by atoms with E-state index < -0.39 is 6.61 Å². The lowest BCUT2D eigenvalue weighted by Crippen LogP contribution is -2.38. The lowest BCUT2D eigenvalue weighted by molar-refractivity contribution is -0.0498. The highest BCUT2D eigenvalue weighted by atomic mass is 79.9. The van der Waals surface area contributed by atoms with Gasteiger partial charge in [-0.15, -0.1) is 0 Å². The molecule has 3 nitrogen and oxygen atoms in total. The van der Waals surface area contributed by atoms with Crippen LogP contribution in [0.15, 0.2) is 24.3 Å². The van der Waals surface area contributed by atoms with Gasteiger partial charge in [0.25, 0.3) is 5.91 Å². The average Bonchev–Trinajstić information content (AvgIpc) is 2.49. The first kappa shape index (κ1) is 17.9. The molecule has 0 unspecified atom stereocenters. The lowest BCUT2D eigenvalue weighted by atomic mass is 9.84. The highest BCUT2D eigenvalue weighted by Gasteiger charge is 2.25. The second-order valence-electron chi connectivity index (χ2n) is 4.93. The van der Waals surface area contributed by atoms with Crippen LogP contribution in [0, 0.1) is 5.41 Å². The maximum absolute atomic E-state index is 12.1. The van der Waals surface area contributed by atoms with E-state index in [9.17, 15) is 13.6 Å². The summed E-state index contributed by atoms with van der Waals surface area (Å²) in [5.74, 6) is -0.177. The molecule has 1 rings (SSSR count). The minimum absolute atomic E-state index is 0.0361. The summed E-state index contributed by atoms with van der Waals surface area (Å²) in [6.07, 6.45) is 1.91. The lowest BCUT2D eigenvalue weighted by Gasteiger charge is -2.29. The highest BCUT2D eigenvalue weighted by Crippen LogP contribution is 2.27. The van der Waals surface area contributed by atoms with Crippen molar-refractivity contribution in [3.05, 3.63) is 29.8 Å². The fourth-order valence-corrected chi connectivity index (χ4v) is 2.89. The van der Waals surface area contributed by atoms with E-state index in [0.717, 1.165) is 18.2 Å². The van der Waals surface area contributed by atoms with Gasteiger partial charge in [-0.25, -0.2) is 0 Å². The molecule has 21 heavy (non-hydrogen) atoms. The van der Waals surface area contributed by atoms with Crippen LogP contribution in [0.5, 0.6) is 5.75 Å². The summed E-state index contributed by atoms with van der Waals surface area (Å²) < 4.78 is 28.3. The van der Waals surface area contributed by atoms with Crippen LogP contribution in [0.1, 0.15) is 37.0 Å². The van der Waals surface area contributed by atoms with E-state index >= 15 is 0 Å². The predicted molar refractivity (Wildman–Crippen MR) is 82.2 cm³/mol. The van der Waals surface area contributed by atoms with Gasteiger partial charge in [-0.05, 0) is 42.5 Å². The second kappa shape index (κ2) is 8.32. The number of rotatable bonds is 8. The Balaban J connectivity index is 2.63. The Bertz CT molecular complexity index is 439. The van der Waals surface area contributed by atoms with Crippen molar-refractivity contribution in [2.24, 2.45) is 5.41 Å². The van der Waals surface area contributed by atoms with Gasteiger partial charge in [-0.1, -0.05) is 29.8 Å². The first-order valence-electron chi connectivity index (χ1n) is 6.85. The zero-order valence-electron chi connectivity index (χ0n) is 12.2. The Hall–Kier alpha value is -1.17. The molecule has 0 bridgehead atoms. The van der Waals surface area contributed by atoms with E-state index in [2.05, 4.69) is 39.8 Å². The molecule has 0 aliphatic heterocycles. The van der Waals surface area contributed by atoms with E-state index in [4.69, 9.17) is 0 Å². The Morgan fingerprint density at radius 1 is 1.29 bits per heavy atom. The monoisotopic (exact) mass is 363 g/mol. The maximum atomic E-state index is 12.1. The summed E-state index contributed by atoms with van der Waals surface area (Å²) in [4.78, 5) is 12.1. The number of carbonyl (C=O) groups is 1. The molecule has 1 amide bonds. The number of hydrogen-bond acceptors (Lipinski definition) is 2. The topological polar surface area (TPSA) is 38.3 Å². The molecule has 0 saturated heterocycles. The van der Waals surface area contributed by atoms with Gasteiger partial charge in [0.1, 0.15) is 5.75 Å². The molecule has 0 saturated carbocycles. The molecule has 0 aliphatic rings. The Morgan fingerprint density at radius 3 is 2.29 bits per heavy atom. The summed E-state index contributed by atoms with van der Waals surface area (Å²) in [6, 6.07) is 5.67. The third-order valence-corrected chi connectivity index (χ3v) is 4.94. The SMILES string of the molecule is CCC(CC)(CBr)CNC(=O)c1ccc(OC(F)F)cc1. The van der Waals surface area contributed by atoms with Gasteiger partial charge in [0.2, 0.25) is 0 Å². The van der Waals surface area contributed by atoms with Crippen LogP contribution in [0.2, 0.25) is 0 Å². The van der Waals surface area contributed by atoms with Crippen molar-refractivity contribution in [1.82, 2.24) is 5.32 Å². The number of amides is 1. The second-order valence-corrected chi connectivity index (χ2v) is 5.49. The first-order chi connectivity index (χ1) is 9.96. The highest BCUT2D eigenvalue weighted by molar-refractivity contribution is 9.09. The van der Waals surface area contributed by atoms with E-state index in [1.165, 1.54) is 24.3 Å². The maximum Gasteiger partial charge on any atom is 0.387 e. The molecule has 0 radical (unpaired) electrons. The minimum Gasteiger partial charge on any atom is -0.435 e. The third kappa shape index (κ3) is 5.26. The largest absolute Gasteiger partial charge is 0.435 e. The molecule has 0 heterocycles. The molecule has 0 aliphatic carbocycles. The number of nitrogens with one attached hydrogen (secondary N) is 1. The minimum atomic E-state index is -2.86. The van der Waals surface area contributed by atoms with Gasteiger partial charge in [-0.3, -0.25) is 4.79 Å². The number of ether oxygens (including phenoxy) is 1. The van der Waals surface area contributed by atoms with Crippen molar-refractivity contribution in [3.63, 3.8) is 0 Å². The van der Waals surface area contributed by atoms with Gasteiger partial charge in [0.05, 0.1) is 0 Å². The van der Waals surface area contributed by atoms with Crippen LogP contribution in [-0.2, 0) is 0 Å². The summed E-state index contributed by atoms with van der Waals surface area (Å²) in [6.45, 7) is 1.89. The molecule has 0 aromatic heterocycles. The summed E-state index contributed by atoms with van der Waals surface area (Å²) >= 11 is 3.49. The quantitative estimate of drug-likeness (QED) is 0.702. The van der Waals surface area contributed by atoms with Gasteiger partial charge < -0.3 is 10.1 Å². The normalized spacial score (nSPS) is 11.5. The number of halogens is 3. The molecule has 0 atom stereocenters. The Labute approximate surface area is 132 Å². The number of carbonyl (C=O) groups excluding carboxylic acids is 1. The van der Waals surface area contributed by atoms with Gasteiger partial charge >= 0.3 is 6.61 Å². The van der Waals surface area contributed by atoms with Crippen LogP contribution >= 0.6 is 15.9 Å². The number of hydrogen-bond donors (Lipinski definition) is 1. The molecular weight excluding hydrogens is 344 g/mol. The van der Waals surface area contributed by atoms with Gasteiger partial charge in [-0.2, -0.15) is 8.78 Å². The third-order valence-electron chi connectivity index (χ3n) is 3.75. The summed E-state index contributed by atoms with van der Waals surface area (Å²) in [5.41, 5.74) is 0.460. The first-order valence-corrected chi connectivity index (χ1v) is 7.97. The van der Waals surface area contributed by atoms with Crippen LogP contribution < -0.4 is 10.1 Å². The molecule has 6 heteroatoms. The Kier molecular flexibility index (Phi) is 7.08. The molecule has 1 N–H and O–H groups in total. The Morgan fingerprint density at radius 2 is 1.86 bits per heavy atom. The fraction of sp³-hybridized carbons (Fsp3) is 0.533. The van der Waals surface area contributed by atoms with Crippen molar-refractivity contribution in [2.45, 2.75) is 33.3 Å². The molecule has 0 spiro atoms. The van der Waals surface area contributed by atoms with Crippen molar-refractivity contribution in [2.75, 3.05) is 11.9 Å². The zero-order valence-corrected chi connectivity index (χ0v) is 13.8. The van der Waals surface area contributed by atoms with Crippen LogP contribution in [0.4, 0.5) is 8.78 Å². The molecule has 0 fully saturated rings. The number of alkyl halides is 3. The van der Waals surface area contributed by atoms with Crippen LogP contribution in [-0.4, -0.2) is 24.4 Å². The molecule has 118 valence electrons.